The van der Waals surface area contributed by atoms with Crippen LogP contribution >= 0.6 is 0 Å². The van der Waals surface area contributed by atoms with Crippen molar-refractivity contribution in [1.82, 2.24) is 0 Å². The molecule has 11 nitrogen and oxygen atoms in total. The molecule has 0 saturated carbocycles. The molecule has 5 N–H and O–H groups in total. The summed E-state index contributed by atoms with van der Waals surface area (Å²) in [5, 5.41) is 49.5. The first-order valence-electron chi connectivity index (χ1n) is 9.31. The molecule has 0 aromatic carbocycles. The topological polar surface area (TPSA) is 168 Å². The van der Waals surface area contributed by atoms with Crippen LogP contribution in [0.1, 0.15) is 34.9 Å². The Balaban J connectivity index is 1.78. The van der Waals surface area contributed by atoms with E-state index in [9.17, 15) is 30.3 Å². The molecule has 11 heteroatoms. The van der Waals surface area contributed by atoms with Crippen LogP contribution in [0, 0.1) is 6.92 Å². The third-order valence-electron chi connectivity index (χ3n) is 4.98. The fourth-order valence-corrected chi connectivity index (χ4v) is 3.39. The SMILES string of the molecule is CCOC(=O)c1cc([C@@H]2OC[C@H](O)[C@H]2O[C@@H]2O[C@H](CO)[C@@H](O)[C@H](O)[C@H]2O)oc1C. The maximum absolute atomic E-state index is 12.0. The van der Waals surface area contributed by atoms with Crippen LogP contribution in [0.25, 0.3) is 0 Å². The van der Waals surface area contributed by atoms with E-state index in [4.69, 9.17) is 23.4 Å². The number of rotatable bonds is 6. The van der Waals surface area contributed by atoms with Crippen LogP contribution in [-0.2, 0) is 18.9 Å². The summed E-state index contributed by atoms with van der Waals surface area (Å²) in [4.78, 5) is 12.0. The van der Waals surface area contributed by atoms with Crippen LogP contribution < -0.4 is 0 Å². The van der Waals surface area contributed by atoms with E-state index in [2.05, 4.69) is 0 Å². The van der Waals surface area contributed by atoms with Crippen LogP contribution in [0.15, 0.2) is 10.5 Å². The molecule has 2 saturated heterocycles. The maximum atomic E-state index is 12.0. The van der Waals surface area contributed by atoms with Gasteiger partial charge in [-0.05, 0) is 19.9 Å². The lowest BCUT2D eigenvalue weighted by molar-refractivity contribution is -0.318. The molecular formula is C18H26O11. The number of aryl methyl sites for hydroxylation is 1. The smallest absolute Gasteiger partial charge is 0.341 e. The van der Waals surface area contributed by atoms with Gasteiger partial charge in [-0.25, -0.2) is 4.79 Å². The molecule has 0 aliphatic carbocycles. The monoisotopic (exact) mass is 418 g/mol. The summed E-state index contributed by atoms with van der Waals surface area (Å²) in [5.41, 5.74) is 0.207. The lowest BCUT2D eigenvalue weighted by Crippen LogP contribution is -2.60. The van der Waals surface area contributed by atoms with Gasteiger partial charge in [0.1, 0.15) is 59.8 Å². The lowest BCUT2D eigenvalue weighted by Gasteiger charge is -2.41. The summed E-state index contributed by atoms with van der Waals surface area (Å²) in [6, 6.07) is 1.43. The summed E-state index contributed by atoms with van der Waals surface area (Å²) in [6.07, 6.45) is -10.5. The van der Waals surface area contributed by atoms with Gasteiger partial charge in [-0.15, -0.1) is 0 Å². The van der Waals surface area contributed by atoms with Gasteiger partial charge in [-0.3, -0.25) is 0 Å². The van der Waals surface area contributed by atoms with Gasteiger partial charge in [0.2, 0.25) is 0 Å². The van der Waals surface area contributed by atoms with Crippen molar-refractivity contribution in [3.63, 3.8) is 0 Å². The van der Waals surface area contributed by atoms with Crippen LogP contribution in [-0.4, -0.2) is 94.2 Å². The minimum atomic E-state index is -1.63. The summed E-state index contributed by atoms with van der Waals surface area (Å²) in [6.45, 7) is 2.73. The van der Waals surface area contributed by atoms with E-state index in [1.54, 1.807) is 13.8 Å². The second-order valence-corrected chi connectivity index (χ2v) is 6.96. The van der Waals surface area contributed by atoms with Gasteiger partial charge in [0.15, 0.2) is 6.29 Å². The number of carbonyl (C=O) groups excluding carboxylic acids is 1. The van der Waals surface area contributed by atoms with Crippen molar-refractivity contribution in [3.05, 3.63) is 23.2 Å². The molecule has 0 bridgehead atoms. The number of carbonyl (C=O) groups is 1. The number of hydrogen-bond acceptors (Lipinski definition) is 11. The van der Waals surface area contributed by atoms with E-state index < -0.39 is 61.6 Å². The van der Waals surface area contributed by atoms with Crippen molar-refractivity contribution in [2.75, 3.05) is 19.8 Å². The quantitative estimate of drug-likeness (QED) is 0.337. The number of ether oxygens (including phenoxy) is 4. The molecule has 8 atom stereocenters. The highest BCUT2D eigenvalue weighted by molar-refractivity contribution is 5.90. The van der Waals surface area contributed by atoms with Crippen molar-refractivity contribution >= 4 is 5.97 Å². The average Bonchev–Trinajstić information content (AvgIpc) is 3.25. The number of hydrogen-bond donors (Lipinski definition) is 5. The Morgan fingerprint density at radius 3 is 2.59 bits per heavy atom. The standard InChI is InChI=1S/C18H26O11/c1-3-25-17(24)8-4-10(27-7(8)2)16-15(9(20)6-26-16)29-18-14(23)13(22)12(21)11(5-19)28-18/h4,9,11-16,18-23H,3,5-6H2,1-2H3/t9-,11+,12+,13-,14+,15+,16-,18-/m0/s1. The highest BCUT2D eigenvalue weighted by Gasteiger charge is 2.48. The minimum absolute atomic E-state index is 0.110. The Labute approximate surface area is 166 Å². The number of esters is 1. The molecule has 2 aliphatic rings. The largest absolute Gasteiger partial charge is 0.463 e. The molecule has 164 valence electrons. The zero-order valence-electron chi connectivity index (χ0n) is 16.0. The zero-order valence-corrected chi connectivity index (χ0v) is 16.0. The van der Waals surface area contributed by atoms with Gasteiger partial charge < -0.3 is 48.9 Å². The Kier molecular flexibility index (Phi) is 6.91. The second kappa shape index (κ2) is 9.06. The molecule has 2 fully saturated rings. The molecular weight excluding hydrogens is 392 g/mol. The predicted molar refractivity (Wildman–Crippen MR) is 92.7 cm³/mol. The molecule has 3 rings (SSSR count). The predicted octanol–water partition coefficient (Wildman–Crippen LogP) is -1.62. The van der Waals surface area contributed by atoms with Crippen LogP contribution in [0.5, 0.6) is 0 Å². The number of aliphatic hydroxyl groups is 5. The third-order valence-corrected chi connectivity index (χ3v) is 4.98. The molecule has 0 amide bonds. The fourth-order valence-electron chi connectivity index (χ4n) is 3.39. The number of aliphatic hydroxyl groups excluding tert-OH is 5. The van der Waals surface area contributed by atoms with E-state index in [1.165, 1.54) is 6.07 Å². The first kappa shape index (κ1) is 22.1. The van der Waals surface area contributed by atoms with Crippen LogP contribution in [0.4, 0.5) is 0 Å². The second-order valence-electron chi connectivity index (χ2n) is 6.96. The van der Waals surface area contributed by atoms with Gasteiger partial charge in [0, 0.05) is 0 Å². The van der Waals surface area contributed by atoms with E-state index in [1.807, 2.05) is 0 Å². The van der Waals surface area contributed by atoms with Gasteiger partial charge in [0.05, 0.1) is 19.8 Å². The van der Waals surface area contributed by atoms with E-state index in [-0.39, 0.29) is 24.5 Å². The summed E-state index contributed by atoms with van der Waals surface area (Å²) in [7, 11) is 0. The first-order chi connectivity index (χ1) is 13.8. The Hall–Kier alpha value is -1.57. The molecule has 3 heterocycles. The van der Waals surface area contributed by atoms with E-state index in [0.29, 0.717) is 5.76 Å². The fraction of sp³-hybridized carbons (Fsp3) is 0.722. The van der Waals surface area contributed by atoms with E-state index >= 15 is 0 Å². The minimum Gasteiger partial charge on any atom is -0.463 e. The highest BCUT2D eigenvalue weighted by Crippen LogP contribution is 2.36. The Bertz CT molecular complexity index is 702. The molecule has 2 aliphatic heterocycles. The summed E-state index contributed by atoms with van der Waals surface area (Å²) in [5.74, 6) is -0.0586. The third kappa shape index (κ3) is 4.32. The average molecular weight is 418 g/mol. The molecule has 29 heavy (non-hydrogen) atoms. The zero-order chi connectivity index (χ0) is 21.3. The van der Waals surface area contributed by atoms with Crippen molar-refractivity contribution < 1.29 is 53.7 Å². The van der Waals surface area contributed by atoms with Crippen molar-refractivity contribution in [2.45, 2.75) is 62.9 Å². The highest BCUT2D eigenvalue weighted by atomic mass is 16.7. The Morgan fingerprint density at radius 1 is 1.21 bits per heavy atom. The molecule has 0 radical (unpaired) electrons. The molecule has 1 aromatic rings. The molecule has 0 spiro atoms. The summed E-state index contributed by atoms with van der Waals surface area (Å²) < 4.78 is 27.1. The van der Waals surface area contributed by atoms with Crippen LogP contribution in [0.3, 0.4) is 0 Å². The van der Waals surface area contributed by atoms with E-state index in [0.717, 1.165) is 0 Å². The normalized spacial score (nSPS) is 37.6. The van der Waals surface area contributed by atoms with Crippen LogP contribution in [0.2, 0.25) is 0 Å². The van der Waals surface area contributed by atoms with Gasteiger partial charge in [0.25, 0.3) is 0 Å². The van der Waals surface area contributed by atoms with Gasteiger partial charge >= 0.3 is 5.97 Å². The first-order valence-corrected chi connectivity index (χ1v) is 9.31. The Morgan fingerprint density at radius 2 is 1.93 bits per heavy atom. The maximum Gasteiger partial charge on any atom is 0.341 e. The summed E-state index contributed by atoms with van der Waals surface area (Å²) >= 11 is 0. The van der Waals surface area contributed by atoms with Crippen molar-refractivity contribution in [3.8, 4) is 0 Å². The molecule has 0 unspecified atom stereocenters. The number of furan rings is 1. The van der Waals surface area contributed by atoms with Crippen molar-refractivity contribution in [2.24, 2.45) is 0 Å². The van der Waals surface area contributed by atoms with Gasteiger partial charge in [-0.1, -0.05) is 0 Å². The molecule has 1 aromatic heterocycles. The van der Waals surface area contributed by atoms with Crippen molar-refractivity contribution in [1.29, 1.82) is 0 Å². The lowest BCUT2D eigenvalue weighted by atomic mass is 9.99. The van der Waals surface area contributed by atoms with Gasteiger partial charge in [-0.2, -0.15) is 0 Å².